The van der Waals surface area contributed by atoms with Crippen molar-refractivity contribution in [3.63, 3.8) is 0 Å². The van der Waals surface area contributed by atoms with Gasteiger partial charge in [0.25, 0.3) is 0 Å². The first-order valence-electron chi connectivity index (χ1n) is 5.68. The normalized spacial score (nSPS) is 10.4. The van der Waals surface area contributed by atoms with E-state index in [-0.39, 0.29) is 12.1 Å². The van der Waals surface area contributed by atoms with E-state index < -0.39 is 12.9 Å². The minimum Gasteiger partial charge on any atom is -0.489 e. The van der Waals surface area contributed by atoms with Crippen molar-refractivity contribution in [1.82, 2.24) is 0 Å². The summed E-state index contributed by atoms with van der Waals surface area (Å²) in [4.78, 5) is 0. The van der Waals surface area contributed by atoms with Crippen LogP contribution in [0.25, 0.3) is 0 Å². The summed E-state index contributed by atoms with van der Waals surface area (Å²) in [6.45, 7) is 0.0498. The van der Waals surface area contributed by atoms with Crippen molar-refractivity contribution in [3.05, 3.63) is 57.8 Å². The molecule has 0 saturated heterocycles. The van der Waals surface area contributed by atoms with Gasteiger partial charge in [-0.05, 0) is 41.4 Å². The van der Waals surface area contributed by atoms with Crippen LogP contribution in [0.5, 0.6) is 5.75 Å². The molecule has 0 aromatic heterocycles. The van der Waals surface area contributed by atoms with Crippen LogP contribution in [0.2, 0.25) is 10.0 Å². The first-order valence-corrected chi connectivity index (χ1v) is 6.44. The lowest BCUT2D eigenvalue weighted by molar-refractivity contribution is 0.305. The molecule has 20 heavy (non-hydrogen) atoms. The predicted octanol–water partition coefficient (Wildman–Crippen LogP) is 2.39. The van der Waals surface area contributed by atoms with E-state index >= 15 is 0 Å². The summed E-state index contributed by atoms with van der Waals surface area (Å²) in [6.07, 6.45) is 0. The zero-order valence-electron chi connectivity index (χ0n) is 10.2. The van der Waals surface area contributed by atoms with Gasteiger partial charge in [-0.25, -0.2) is 4.39 Å². The molecule has 2 rings (SSSR count). The van der Waals surface area contributed by atoms with Gasteiger partial charge in [0.1, 0.15) is 18.2 Å². The molecule has 0 saturated carbocycles. The molecule has 0 radical (unpaired) electrons. The molecule has 2 aromatic carbocycles. The topological polar surface area (TPSA) is 49.7 Å². The Balaban J connectivity index is 2.14. The summed E-state index contributed by atoms with van der Waals surface area (Å²) in [5.41, 5.74) is 0.525. The van der Waals surface area contributed by atoms with Crippen LogP contribution in [-0.4, -0.2) is 17.2 Å². The first-order chi connectivity index (χ1) is 9.44. The lowest BCUT2D eigenvalue weighted by atomic mass is 9.79. The molecule has 2 N–H and O–H groups in total. The van der Waals surface area contributed by atoms with Crippen LogP contribution in [0, 0.1) is 5.82 Å². The Kier molecular flexibility index (Phi) is 4.88. The summed E-state index contributed by atoms with van der Waals surface area (Å²) in [7, 11) is -1.73. The van der Waals surface area contributed by atoms with Crippen LogP contribution in [0.15, 0.2) is 36.4 Å². The van der Waals surface area contributed by atoms with Gasteiger partial charge in [0, 0.05) is 10.0 Å². The minimum absolute atomic E-state index is 0.0498. The molecule has 0 bridgehead atoms. The highest BCUT2D eigenvalue weighted by molar-refractivity contribution is 6.58. The molecular weight excluding hydrogens is 305 g/mol. The highest BCUT2D eigenvalue weighted by Crippen LogP contribution is 2.24. The van der Waals surface area contributed by atoms with Gasteiger partial charge >= 0.3 is 7.12 Å². The molecule has 2 aromatic rings. The van der Waals surface area contributed by atoms with Gasteiger partial charge in [0.2, 0.25) is 0 Å². The Bertz CT molecular complexity index is 602. The van der Waals surface area contributed by atoms with Crippen molar-refractivity contribution < 1.29 is 19.2 Å². The Morgan fingerprint density at radius 1 is 1.00 bits per heavy atom. The zero-order chi connectivity index (χ0) is 14.7. The van der Waals surface area contributed by atoms with Gasteiger partial charge < -0.3 is 14.8 Å². The molecule has 0 aliphatic heterocycles. The van der Waals surface area contributed by atoms with Crippen LogP contribution in [-0.2, 0) is 6.61 Å². The summed E-state index contributed by atoms with van der Waals surface area (Å²) >= 11 is 11.7. The van der Waals surface area contributed by atoms with Crippen LogP contribution < -0.4 is 10.2 Å². The lowest BCUT2D eigenvalue weighted by Crippen LogP contribution is -2.30. The highest BCUT2D eigenvalue weighted by Gasteiger charge is 2.13. The number of halogens is 3. The van der Waals surface area contributed by atoms with Crippen LogP contribution in [0.1, 0.15) is 5.56 Å². The zero-order valence-corrected chi connectivity index (χ0v) is 11.7. The minimum atomic E-state index is -1.73. The molecule has 0 amide bonds. The largest absolute Gasteiger partial charge is 0.489 e. The number of hydrogen-bond acceptors (Lipinski definition) is 3. The fraction of sp³-hybridized carbons (Fsp3) is 0.0769. The number of rotatable bonds is 4. The third-order valence-corrected chi connectivity index (χ3v) is 2.96. The third-order valence-electron chi connectivity index (χ3n) is 2.52. The fourth-order valence-electron chi connectivity index (χ4n) is 1.69. The van der Waals surface area contributed by atoms with E-state index in [9.17, 15) is 4.39 Å². The van der Waals surface area contributed by atoms with E-state index in [0.717, 1.165) is 6.07 Å². The molecular formula is C13H10BCl2FO3. The highest BCUT2D eigenvalue weighted by atomic mass is 35.5. The van der Waals surface area contributed by atoms with Gasteiger partial charge in [-0.3, -0.25) is 0 Å². The smallest absolute Gasteiger partial charge is 0.488 e. The Morgan fingerprint density at radius 3 is 2.25 bits per heavy atom. The van der Waals surface area contributed by atoms with Gasteiger partial charge in [-0.1, -0.05) is 29.3 Å². The van der Waals surface area contributed by atoms with Gasteiger partial charge in [-0.2, -0.15) is 0 Å². The van der Waals surface area contributed by atoms with Gasteiger partial charge in [0.05, 0.1) is 0 Å². The number of hydrogen-bond donors (Lipinski definition) is 2. The molecule has 7 heteroatoms. The SMILES string of the molecule is OB(O)c1cc(F)cc(COc2cc(Cl)cc(Cl)c2)c1. The van der Waals surface area contributed by atoms with Crippen molar-refractivity contribution in [3.8, 4) is 5.75 Å². The second-order valence-electron chi connectivity index (χ2n) is 4.16. The Morgan fingerprint density at radius 2 is 1.65 bits per heavy atom. The van der Waals surface area contributed by atoms with Crippen molar-refractivity contribution in [2.45, 2.75) is 6.61 Å². The van der Waals surface area contributed by atoms with E-state index in [1.54, 1.807) is 18.2 Å². The third kappa shape index (κ3) is 4.11. The maximum atomic E-state index is 13.3. The fourth-order valence-corrected chi connectivity index (χ4v) is 2.19. The number of benzene rings is 2. The van der Waals surface area contributed by atoms with Crippen LogP contribution >= 0.6 is 23.2 Å². The van der Waals surface area contributed by atoms with E-state index in [1.165, 1.54) is 12.1 Å². The van der Waals surface area contributed by atoms with Crippen molar-refractivity contribution in [1.29, 1.82) is 0 Å². The van der Waals surface area contributed by atoms with Crippen molar-refractivity contribution >= 4 is 35.8 Å². The van der Waals surface area contributed by atoms with Gasteiger partial charge in [0.15, 0.2) is 0 Å². The molecule has 3 nitrogen and oxygen atoms in total. The summed E-state index contributed by atoms with van der Waals surface area (Å²) in [5, 5.41) is 18.9. The predicted molar refractivity (Wildman–Crippen MR) is 77.0 cm³/mol. The van der Waals surface area contributed by atoms with E-state index in [1.807, 2.05) is 0 Å². The Labute approximate surface area is 125 Å². The van der Waals surface area contributed by atoms with Crippen molar-refractivity contribution in [2.24, 2.45) is 0 Å². The van der Waals surface area contributed by atoms with E-state index in [4.69, 9.17) is 38.0 Å². The molecule has 0 unspecified atom stereocenters. The summed E-state index contributed by atoms with van der Waals surface area (Å²) in [5.74, 6) is -0.129. The van der Waals surface area contributed by atoms with Gasteiger partial charge in [-0.15, -0.1) is 0 Å². The Hall–Kier alpha value is -1.27. The second kappa shape index (κ2) is 6.46. The maximum absolute atomic E-state index is 13.3. The molecule has 0 aliphatic rings. The van der Waals surface area contributed by atoms with E-state index in [2.05, 4.69) is 0 Å². The molecule has 0 heterocycles. The first kappa shape index (κ1) is 15.1. The van der Waals surface area contributed by atoms with Crippen LogP contribution in [0.4, 0.5) is 4.39 Å². The standard InChI is InChI=1S/C13H10BCl2FO3/c15-10-4-11(16)6-13(5-10)20-7-8-1-9(14(18)19)3-12(17)2-8/h1-6,18-19H,7H2. The molecule has 0 atom stereocenters. The lowest BCUT2D eigenvalue weighted by Gasteiger charge is -2.09. The quantitative estimate of drug-likeness (QED) is 0.852. The molecule has 104 valence electrons. The average Bonchev–Trinajstić information content (AvgIpc) is 2.34. The van der Waals surface area contributed by atoms with Crippen molar-refractivity contribution in [2.75, 3.05) is 0 Å². The monoisotopic (exact) mass is 314 g/mol. The summed E-state index contributed by atoms with van der Waals surface area (Å²) < 4.78 is 18.8. The maximum Gasteiger partial charge on any atom is 0.488 e. The number of ether oxygens (including phenoxy) is 1. The molecule has 0 fully saturated rings. The van der Waals surface area contributed by atoms with E-state index in [0.29, 0.717) is 21.4 Å². The summed E-state index contributed by atoms with van der Waals surface area (Å²) in [6, 6.07) is 8.46. The second-order valence-corrected chi connectivity index (χ2v) is 5.03. The average molecular weight is 315 g/mol. The van der Waals surface area contributed by atoms with Crippen LogP contribution in [0.3, 0.4) is 0 Å². The molecule has 0 aliphatic carbocycles. The molecule has 0 spiro atoms.